The summed E-state index contributed by atoms with van der Waals surface area (Å²) in [4.78, 5) is 21.3. The fourth-order valence-electron chi connectivity index (χ4n) is 5.91. The molecule has 0 atom stereocenters. The van der Waals surface area contributed by atoms with Crippen LogP contribution in [0, 0.1) is 5.82 Å². The minimum Gasteiger partial charge on any atom is -0.371 e. The lowest BCUT2D eigenvalue weighted by Gasteiger charge is -2.34. The number of aromatic amines is 1. The Morgan fingerprint density at radius 3 is 2.42 bits per heavy atom. The maximum atomic E-state index is 13.6. The van der Waals surface area contributed by atoms with Crippen LogP contribution >= 0.6 is 0 Å². The zero-order valence-corrected chi connectivity index (χ0v) is 22.5. The van der Waals surface area contributed by atoms with E-state index in [1.165, 1.54) is 35.5 Å². The van der Waals surface area contributed by atoms with Gasteiger partial charge >= 0.3 is 0 Å². The molecule has 0 aliphatic carbocycles. The Labute approximate surface area is 232 Å². The standard InChI is InChI=1S/C32H33F3N4O/c1-32(34,35)23-5-2-21(3-6-23)19-38-15-14-30-28(20-38)27-18-22(4-11-29(27)37-30)31(40)36-25-12-16-39(17-13-25)26-9-7-24(33)8-10-26/h2-11,18,25,37H,12-17,19-20H2,1H3,(H,36,40). The highest BCUT2D eigenvalue weighted by atomic mass is 19.3. The van der Waals surface area contributed by atoms with Gasteiger partial charge in [-0.3, -0.25) is 9.69 Å². The van der Waals surface area contributed by atoms with Crippen LogP contribution in [0.4, 0.5) is 18.9 Å². The molecular weight excluding hydrogens is 513 g/mol. The number of aromatic nitrogens is 1. The number of benzene rings is 3. The third kappa shape index (κ3) is 5.59. The Morgan fingerprint density at radius 1 is 1.00 bits per heavy atom. The summed E-state index contributed by atoms with van der Waals surface area (Å²) < 4.78 is 40.4. The molecule has 0 spiro atoms. The zero-order chi connectivity index (χ0) is 27.9. The van der Waals surface area contributed by atoms with E-state index >= 15 is 0 Å². The van der Waals surface area contributed by atoms with Crippen molar-refractivity contribution in [2.75, 3.05) is 24.5 Å². The van der Waals surface area contributed by atoms with Crippen molar-refractivity contribution in [3.05, 3.63) is 100 Å². The average Bonchev–Trinajstić information content (AvgIpc) is 3.31. The van der Waals surface area contributed by atoms with Gasteiger partial charge in [0.1, 0.15) is 5.82 Å². The summed E-state index contributed by atoms with van der Waals surface area (Å²) in [5.41, 5.74) is 6.08. The summed E-state index contributed by atoms with van der Waals surface area (Å²) in [6, 6.07) is 19.1. The molecule has 8 heteroatoms. The Balaban J connectivity index is 1.10. The highest BCUT2D eigenvalue weighted by Crippen LogP contribution is 2.31. The number of nitrogens with zero attached hydrogens (tertiary/aromatic N) is 2. The predicted octanol–water partition coefficient (Wildman–Crippen LogP) is 6.38. The summed E-state index contributed by atoms with van der Waals surface area (Å²) >= 11 is 0. The molecule has 0 radical (unpaired) electrons. The van der Waals surface area contributed by atoms with Crippen LogP contribution in [0.5, 0.6) is 0 Å². The van der Waals surface area contributed by atoms with Crippen molar-refractivity contribution in [2.24, 2.45) is 0 Å². The molecule has 0 saturated carbocycles. The number of carbonyl (C=O) groups is 1. The molecule has 1 fully saturated rings. The zero-order valence-electron chi connectivity index (χ0n) is 22.5. The fourth-order valence-corrected chi connectivity index (χ4v) is 5.91. The summed E-state index contributed by atoms with van der Waals surface area (Å²) in [6.45, 7) is 4.81. The highest BCUT2D eigenvalue weighted by molar-refractivity contribution is 5.99. The number of alkyl halides is 2. The van der Waals surface area contributed by atoms with Gasteiger partial charge in [0.15, 0.2) is 0 Å². The first-order valence-electron chi connectivity index (χ1n) is 13.9. The van der Waals surface area contributed by atoms with Crippen molar-refractivity contribution in [2.45, 2.75) is 51.2 Å². The SMILES string of the molecule is CC(F)(F)c1ccc(CN2CCc3[nH]c4ccc(C(=O)NC5CCN(c6ccc(F)cc6)CC5)cc4c3C2)cc1. The topological polar surface area (TPSA) is 51.4 Å². The van der Waals surface area contributed by atoms with E-state index in [1.54, 1.807) is 24.3 Å². The largest absolute Gasteiger partial charge is 0.371 e. The van der Waals surface area contributed by atoms with Gasteiger partial charge < -0.3 is 15.2 Å². The van der Waals surface area contributed by atoms with E-state index < -0.39 is 5.92 Å². The number of carbonyl (C=O) groups excluding carboxylic acids is 1. The summed E-state index contributed by atoms with van der Waals surface area (Å²) in [6.07, 6.45) is 2.52. The molecule has 0 bridgehead atoms. The smallest absolute Gasteiger partial charge is 0.270 e. The number of hydrogen-bond donors (Lipinski definition) is 2. The Morgan fingerprint density at radius 2 is 1.73 bits per heavy atom. The quantitative estimate of drug-likeness (QED) is 0.295. The van der Waals surface area contributed by atoms with Gasteiger partial charge in [-0.05, 0) is 66.4 Å². The second-order valence-electron chi connectivity index (χ2n) is 11.1. The molecule has 3 heterocycles. The molecule has 3 aromatic carbocycles. The van der Waals surface area contributed by atoms with E-state index in [9.17, 15) is 18.0 Å². The highest BCUT2D eigenvalue weighted by Gasteiger charge is 2.26. The van der Waals surface area contributed by atoms with Gasteiger partial charge in [-0.15, -0.1) is 0 Å². The van der Waals surface area contributed by atoms with Crippen LogP contribution in [-0.2, 0) is 25.4 Å². The maximum absolute atomic E-state index is 13.6. The second kappa shape index (κ2) is 10.7. The van der Waals surface area contributed by atoms with Crippen molar-refractivity contribution in [3.8, 4) is 0 Å². The molecule has 0 unspecified atom stereocenters. The monoisotopic (exact) mass is 546 g/mol. The minimum atomic E-state index is -2.84. The summed E-state index contributed by atoms with van der Waals surface area (Å²) in [5.74, 6) is -3.15. The lowest BCUT2D eigenvalue weighted by atomic mass is 10.0. The van der Waals surface area contributed by atoms with Gasteiger partial charge in [0.05, 0.1) is 0 Å². The Hall–Kier alpha value is -3.78. The Kier molecular flexibility index (Phi) is 7.04. The molecule has 1 aromatic heterocycles. The molecule has 6 rings (SSSR count). The van der Waals surface area contributed by atoms with Crippen molar-refractivity contribution in [1.29, 1.82) is 0 Å². The molecule has 40 heavy (non-hydrogen) atoms. The fraction of sp³-hybridized carbons (Fsp3) is 0.344. The first kappa shape index (κ1) is 26.4. The van der Waals surface area contributed by atoms with Crippen LogP contribution in [0.15, 0.2) is 66.7 Å². The van der Waals surface area contributed by atoms with E-state index in [0.717, 1.165) is 74.5 Å². The molecule has 1 amide bonds. The number of hydrogen-bond acceptors (Lipinski definition) is 3. The van der Waals surface area contributed by atoms with Crippen LogP contribution < -0.4 is 10.2 Å². The van der Waals surface area contributed by atoms with Gasteiger partial charge in [-0.2, -0.15) is 0 Å². The lowest BCUT2D eigenvalue weighted by molar-refractivity contribution is 0.0174. The molecule has 2 N–H and O–H groups in total. The molecule has 2 aliphatic heterocycles. The van der Waals surface area contributed by atoms with Crippen LogP contribution in [-0.4, -0.2) is 41.5 Å². The van der Waals surface area contributed by atoms with E-state index in [-0.39, 0.29) is 23.3 Å². The number of nitrogens with one attached hydrogen (secondary N) is 2. The van der Waals surface area contributed by atoms with Gasteiger partial charge in [0.25, 0.3) is 11.8 Å². The molecule has 1 saturated heterocycles. The van der Waals surface area contributed by atoms with Gasteiger partial charge in [-0.1, -0.05) is 24.3 Å². The molecule has 5 nitrogen and oxygen atoms in total. The first-order valence-corrected chi connectivity index (χ1v) is 13.9. The Bertz CT molecular complexity index is 1500. The van der Waals surface area contributed by atoms with Gasteiger partial charge in [0.2, 0.25) is 0 Å². The number of piperidine rings is 1. The lowest BCUT2D eigenvalue weighted by Crippen LogP contribution is -2.44. The molecule has 2 aliphatic rings. The number of rotatable bonds is 6. The van der Waals surface area contributed by atoms with Crippen LogP contribution in [0.1, 0.15) is 52.5 Å². The minimum absolute atomic E-state index is 0.0260. The van der Waals surface area contributed by atoms with Crippen molar-refractivity contribution >= 4 is 22.5 Å². The summed E-state index contributed by atoms with van der Waals surface area (Å²) in [5, 5.41) is 4.27. The van der Waals surface area contributed by atoms with E-state index in [1.807, 2.05) is 18.2 Å². The third-order valence-corrected chi connectivity index (χ3v) is 8.21. The number of H-pyrrole nitrogens is 1. The normalized spacial score (nSPS) is 16.8. The third-order valence-electron chi connectivity index (χ3n) is 8.21. The first-order chi connectivity index (χ1) is 19.2. The van der Waals surface area contributed by atoms with Crippen molar-refractivity contribution in [3.63, 3.8) is 0 Å². The van der Waals surface area contributed by atoms with E-state index in [2.05, 4.69) is 20.1 Å². The van der Waals surface area contributed by atoms with E-state index in [0.29, 0.717) is 12.1 Å². The number of anilines is 1. The van der Waals surface area contributed by atoms with Crippen molar-refractivity contribution in [1.82, 2.24) is 15.2 Å². The van der Waals surface area contributed by atoms with Gasteiger partial charge in [0, 0.05) is 85.5 Å². The van der Waals surface area contributed by atoms with Crippen LogP contribution in [0.2, 0.25) is 0 Å². The second-order valence-corrected chi connectivity index (χ2v) is 11.1. The molecular formula is C32H33F3N4O. The average molecular weight is 547 g/mol. The molecule has 4 aromatic rings. The maximum Gasteiger partial charge on any atom is 0.270 e. The van der Waals surface area contributed by atoms with Crippen LogP contribution in [0.3, 0.4) is 0 Å². The number of fused-ring (bicyclic) bond motifs is 3. The predicted molar refractivity (Wildman–Crippen MR) is 151 cm³/mol. The summed E-state index contributed by atoms with van der Waals surface area (Å²) in [7, 11) is 0. The molecule has 208 valence electrons. The number of halogens is 3. The number of amides is 1. The van der Waals surface area contributed by atoms with Crippen molar-refractivity contribution < 1.29 is 18.0 Å². The van der Waals surface area contributed by atoms with E-state index in [4.69, 9.17) is 0 Å². The van der Waals surface area contributed by atoms with Crippen LogP contribution in [0.25, 0.3) is 10.9 Å². The van der Waals surface area contributed by atoms with Gasteiger partial charge in [-0.25, -0.2) is 13.2 Å².